The molecule has 0 saturated carbocycles. The van der Waals surface area contributed by atoms with Crippen LogP contribution >= 0.6 is 23.7 Å². The third-order valence-electron chi connectivity index (χ3n) is 0.409. The molecule has 0 fully saturated rings. The number of aromatic nitrogens is 3. The summed E-state index contributed by atoms with van der Waals surface area (Å²) in [6.07, 6.45) is 3.15. The van der Waals surface area contributed by atoms with Crippen LogP contribution in [0.25, 0.3) is 0 Å². The first kappa shape index (κ1) is 12.9. The fourth-order valence-electron chi connectivity index (χ4n) is 0.205. The molecule has 0 atom stereocenters. The minimum absolute atomic E-state index is 0. The maximum Gasteiger partial charge on any atom is 0.0832 e. The van der Waals surface area contributed by atoms with Crippen LogP contribution < -0.4 is 0 Å². The first-order chi connectivity index (χ1) is 4.41. The van der Waals surface area contributed by atoms with Gasteiger partial charge in [-0.2, -0.15) is 3.84 Å². The molecule has 0 aliphatic rings. The van der Waals surface area contributed by atoms with Crippen LogP contribution in [0.2, 0.25) is 0 Å². The van der Waals surface area contributed by atoms with E-state index in [1.807, 2.05) is 0 Å². The Kier molecular flexibility index (Phi) is 15.5. The van der Waals surface area contributed by atoms with E-state index in [2.05, 4.69) is 43.0 Å². The van der Waals surface area contributed by atoms with Gasteiger partial charge in [0.25, 0.3) is 0 Å². The van der Waals surface area contributed by atoms with Crippen LogP contribution in [0.5, 0.6) is 0 Å². The molecule has 1 radical (unpaired) electrons. The Labute approximate surface area is 83.7 Å². The molecule has 0 aliphatic heterocycles. The average molecular weight is 276 g/mol. The molecule has 4 nitrogen and oxygen atoms in total. The van der Waals surface area contributed by atoms with E-state index in [-0.39, 0.29) is 22.4 Å². The van der Waals surface area contributed by atoms with Gasteiger partial charge in [0, 0.05) is 22.4 Å². The molecule has 1 heterocycles. The van der Waals surface area contributed by atoms with Gasteiger partial charge < -0.3 is 0 Å². The summed E-state index contributed by atoms with van der Waals surface area (Å²) in [7, 11) is 0. The third-order valence-corrected chi connectivity index (χ3v) is 0.409. The topological polar surface area (TPSA) is 47.9 Å². The van der Waals surface area contributed by atoms with Gasteiger partial charge in [0.2, 0.25) is 0 Å². The van der Waals surface area contributed by atoms with E-state index in [0.717, 1.165) is 0 Å². The number of rotatable bonds is 0. The van der Waals surface area contributed by atoms with Gasteiger partial charge in [0.1, 0.15) is 0 Å². The smallest absolute Gasteiger partial charge is 0.0832 e. The summed E-state index contributed by atoms with van der Waals surface area (Å²) in [5, 5.41) is 10.1. The Balaban J connectivity index is 0. The predicted molar refractivity (Wildman–Crippen MR) is 32.6 cm³/mol. The van der Waals surface area contributed by atoms with Crippen molar-refractivity contribution >= 4 is 23.7 Å². The second-order valence-corrected chi connectivity index (χ2v) is 1.34. The number of halogens is 2. The molecule has 1 aromatic rings. The molecule has 0 unspecified atom stereocenters. The Morgan fingerprint density at radius 3 is 1.60 bits per heavy atom. The van der Waals surface area contributed by atoms with Crippen molar-refractivity contribution in [1.29, 1.82) is 0 Å². The summed E-state index contributed by atoms with van der Waals surface area (Å²) >= 11 is 8.53. The van der Waals surface area contributed by atoms with Crippen LogP contribution in [0.4, 0.5) is 0 Å². The van der Waals surface area contributed by atoms with Crippen LogP contribution in [-0.4, -0.2) is 15.4 Å². The summed E-state index contributed by atoms with van der Waals surface area (Å²) in [5.74, 6) is 0. The summed E-state index contributed by atoms with van der Waals surface area (Å²) in [6.45, 7) is 0. The molecule has 0 saturated heterocycles. The van der Waals surface area contributed by atoms with Gasteiger partial charge in [0.05, 0.1) is 36.1 Å². The molecule has 0 aromatic carbocycles. The normalized spacial score (nSPS) is 6.60. The SMILES string of the molecule is ClOCl.[Ag].c1cnnnc1. The monoisotopic (exact) mass is 274 g/mol. The first-order valence-electron chi connectivity index (χ1n) is 1.89. The average Bonchev–Trinajstić information content (AvgIpc) is 1.93. The van der Waals surface area contributed by atoms with E-state index in [9.17, 15) is 0 Å². The van der Waals surface area contributed by atoms with Gasteiger partial charge in [-0.25, -0.2) is 0 Å². The van der Waals surface area contributed by atoms with Crippen molar-refractivity contribution < 1.29 is 26.2 Å². The Bertz CT molecular complexity index is 105. The minimum Gasteiger partial charge on any atom is -0.166 e. The fraction of sp³-hybridized carbons (Fsp3) is 0. The van der Waals surface area contributed by atoms with Crippen molar-refractivity contribution in [2.24, 2.45) is 0 Å². The Morgan fingerprint density at radius 2 is 1.50 bits per heavy atom. The number of nitrogens with zero attached hydrogens (tertiary/aromatic N) is 3. The summed E-state index contributed by atoms with van der Waals surface area (Å²) in [4.78, 5) is 0. The van der Waals surface area contributed by atoms with E-state index < -0.39 is 0 Å². The number of hydrogen-bond donors (Lipinski definition) is 0. The van der Waals surface area contributed by atoms with E-state index in [1.54, 1.807) is 18.5 Å². The van der Waals surface area contributed by atoms with Gasteiger partial charge in [0.15, 0.2) is 0 Å². The van der Waals surface area contributed by atoms with E-state index in [0.29, 0.717) is 0 Å². The second kappa shape index (κ2) is 12.0. The van der Waals surface area contributed by atoms with Gasteiger partial charge in [-0.15, -0.1) is 10.2 Å². The van der Waals surface area contributed by atoms with Gasteiger partial charge >= 0.3 is 0 Å². The van der Waals surface area contributed by atoms with Crippen molar-refractivity contribution in [3.05, 3.63) is 18.5 Å². The Morgan fingerprint density at radius 1 is 1.10 bits per heavy atom. The zero-order chi connectivity index (χ0) is 6.95. The van der Waals surface area contributed by atoms with Crippen LogP contribution in [0.1, 0.15) is 0 Å². The molecule has 7 heteroatoms. The maximum atomic E-state index is 4.26. The fourth-order valence-corrected chi connectivity index (χ4v) is 0.205. The van der Waals surface area contributed by atoms with Crippen LogP contribution in [-0.2, 0) is 26.2 Å². The minimum atomic E-state index is 0. The molecule has 0 amide bonds. The summed E-state index contributed by atoms with van der Waals surface area (Å²) in [6, 6.07) is 1.72. The van der Waals surface area contributed by atoms with E-state index in [1.165, 1.54) is 0 Å². The van der Waals surface area contributed by atoms with Gasteiger partial charge in [-0.1, -0.05) is 0 Å². The van der Waals surface area contributed by atoms with Crippen molar-refractivity contribution in [3.8, 4) is 0 Å². The van der Waals surface area contributed by atoms with Crippen molar-refractivity contribution in [2.45, 2.75) is 0 Å². The quantitative estimate of drug-likeness (QED) is 0.667. The second-order valence-electron chi connectivity index (χ2n) is 0.869. The standard InChI is InChI=1S/C3H3N3.Ag.Cl2O/c1-2-4-6-5-3-1;;1-3-2/h1-3H;;. The van der Waals surface area contributed by atoms with Crippen molar-refractivity contribution in [1.82, 2.24) is 15.4 Å². The van der Waals surface area contributed by atoms with Gasteiger partial charge in [-0.3, -0.25) is 0 Å². The predicted octanol–water partition coefficient (Wildman–Crippen LogP) is 1.18. The van der Waals surface area contributed by atoms with E-state index >= 15 is 0 Å². The maximum absolute atomic E-state index is 4.26. The molecule has 0 aliphatic carbocycles. The molecular formula is C3H3AgCl2N3O. The van der Waals surface area contributed by atoms with Crippen LogP contribution in [0.15, 0.2) is 18.5 Å². The summed E-state index contributed by atoms with van der Waals surface area (Å²) in [5.41, 5.74) is 0. The molecule has 0 spiro atoms. The number of hydrogen-bond acceptors (Lipinski definition) is 4. The van der Waals surface area contributed by atoms with E-state index in [4.69, 9.17) is 0 Å². The molecule has 0 N–H and O–H groups in total. The van der Waals surface area contributed by atoms with Crippen LogP contribution in [0, 0.1) is 0 Å². The zero-order valence-corrected chi connectivity index (χ0v) is 7.53. The molecular weight excluding hydrogens is 273 g/mol. The third kappa shape index (κ3) is 11.1. The molecule has 0 bridgehead atoms. The van der Waals surface area contributed by atoms with Crippen molar-refractivity contribution in [3.63, 3.8) is 0 Å². The largest absolute Gasteiger partial charge is 0.166 e. The first-order valence-corrected chi connectivity index (χ1v) is 2.51. The molecule has 1 rings (SSSR count). The molecule has 1 aromatic heterocycles. The zero-order valence-electron chi connectivity index (χ0n) is 4.54. The summed E-state index contributed by atoms with van der Waals surface area (Å²) < 4.78 is 3.19. The molecule has 10 heavy (non-hydrogen) atoms. The molecule has 61 valence electrons. The van der Waals surface area contributed by atoms with Crippen LogP contribution in [0.3, 0.4) is 0 Å². The van der Waals surface area contributed by atoms with Gasteiger partial charge in [-0.05, 0) is 11.3 Å². The van der Waals surface area contributed by atoms with Crippen molar-refractivity contribution in [2.75, 3.05) is 0 Å². The Hall–Kier alpha value is 0.290.